The molecule has 4 nitrogen and oxygen atoms in total. The van der Waals surface area contributed by atoms with Crippen molar-refractivity contribution in [3.8, 4) is 5.75 Å². The average Bonchev–Trinajstić information content (AvgIpc) is 2.60. The number of hydrogen-bond donors (Lipinski definition) is 2. The van der Waals surface area contributed by atoms with Crippen molar-refractivity contribution in [3.05, 3.63) is 63.6 Å². The molecule has 1 atom stereocenters. The minimum Gasteiger partial charge on any atom is -0.507 e. The van der Waals surface area contributed by atoms with Crippen LogP contribution in [0.4, 0.5) is 0 Å². The highest BCUT2D eigenvalue weighted by Gasteiger charge is 2.15. The summed E-state index contributed by atoms with van der Waals surface area (Å²) in [4.78, 5) is 15.3. The van der Waals surface area contributed by atoms with Crippen LogP contribution in [0.5, 0.6) is 5.75 Å². The van der Waals surface area contributed by atoms with Crippen LogP contribution >= 0.6 is 23.2 Å². The van der Waals surface area contributed by atoms with Crippen molar-refractivity contribution in [1.82, 2.24) is 0 Å². The van der Waals surface area contributed by atoms with Crippen LogP contribution in [0.2, 0.25) is 10.0 Å². The van der Waals surface area contributed by atoms with Crippen LogP contribution in [0.15, 0.2) is 47.5 Å². The third-order valence-corrected chi connectivity index (χ3v) is 4.65. The number of phenolic OH excluding ortho intramolecular Hbond substituents is 1. The first-order chi connectivity index (χ1) is 12.4. The Kier molecular flexibility index (Phi) is 7.49. The number of nitrogens with zero attached hydrogens (tertiary/aromatic N) is 1. The second kappa shape index (κ2) is 9.60. The summed E-state index contributed by atoms with van der Waals surface area (Å²) in [7, 11) is 0. The topological polar surface area (TPSA) is 69.9 Å². The highest BCUT2D eigenvalue weighted by atomic mass is 35.5. The number of rotatable bonds is 8. The van der Waals surface area contributed by atoms with E-state index in [1.807, 2.05) is 25.1 Å². The second-order valence-corrected chi connectivity index (χ2v) is 7.04. The van der Waals surface area contributed by atoms with Crippen LogP contribution in [0.3, 0.4) is 0 Å². The molecule has 0 saturated heterocycles. The molecule has 0 amide bonds. The molecule has 2 rings (SSSR count). The molecule has 0 radical (unpaired) electrons. The van der Waals surface area contributed by atoms with Gasteiger partial charge in [0.05, 0.1) is 5.71 Å². The molecule has 0 heterocycles. The lowest BCUT2D eigenvalue weighted by Crippen LogP contribution is -2.08. The van der Waals surface area contributed by atoms with E-state index in [4.69, 9.17) is 28.3 Å². The smallest absolute Gasteiger partial charge is 0.303 e. The molecular weight excluding hydrogens is 373 g/mol. The fraction of sp³-hybridized carbons (Fsp3) is 0.300. The molecule has 26 heavy (non-hydrogen) atoms. The maximum Gasteiger partial charge on any atom is 0.303 e. The number of aliphatic carboxylic acids is 1. The maximum absolute atomic E-state index is 10.7. The van der Waals surface area contributed by atoms with E-state index in [9.17, 15) is 9.90 Å². The Morgan fingerprint density at radius 1 is 1.12 bits per heavy atom. The highest BCUT2D eigenvalue weighted by molar-refractivity contribution is 6.36. The molecule has 2 aromatic carbocycles. The average molecular weight is 394 g/mol. The zero-order valence-corrected chi connectivity index (χ0v) is 16.0. The number of aliphatic imine (C=N–C) groups is 1. The van der Waals surface area contributed by atoms with E-state index in [-0.39, 0.29) is 18.1 Å². The van der Waals surface area contributed by atoms with Crippen molar-refractivity contribution in [2.45, 2.75) is 26.2 Å². The van der Waals surface area contributed by atoms with Gasteiger partial charge in [-0.1, -0.05) is 48.3 Å². The number of hydrogen-bond acceptors (Lipinski definition) is 3. The van der Waals surface area contributed by atoms with E-state index < -0.39 is 5.97 Å². The van der Waals surface area contributed by atoms with Gasteiger partial charge in [0.25, 0.3) is 0 Å². The summed E-state index contributed by atoms with van der Waals surface area (Å²) >= 11 is 12.4. The molecule has 1 unspecified atom stereocenters. The lowest BCUT2D eigenvalue weighted by Gasteiger charge is -2.13. The Balaban J connectivity index is 2.28. The molecule has 2 N–H and O–H groups in total. The fourth-order valence-electron chi connectivity index (χ4n) is 2.58. The number of halogens is 2. The molecular formula is C20H21Cl2NO3. The van der Waals surface area contributed by atoms with Crippen molar-refractivity contribution in [3.63, 3.8) is 0 Å². The largest absolute Gasteiger partial charge is 0.507 e. The quantitative estimate of drug-likeness (QED) is 0.587. The first-order valence-electron chi connectivity index (χ1n) is 8.38. The minimum absolute atomic E-state index is 0.0759. The number of carboxylic acid groups (broad SMARTS) is 1. The SMILES string of the molecule is CC(CCN=C(c1cc(Cl)ccc1O)c1ccccc1Cl)CCC(=O)O. The summed E-state index contributed by atoms with van der Waals surface area (Å²) in [6.45, 7) is 2.50. The maximum atomic E-state index is 10.7. The van der Waals surface area contributed by atoms with Crippen molar-refractivity contribution >= 4 is 34.9 Å². The van der Waals surface area contributed by atoms with Crippen molar-refractivity contribution in [1.29, 1.82) is 0 Å². The molecule has 0 saturated carbocycles. The van der Waals surface area contributed by atoms with Gasteiger partial charge in [0.2, 0.25) is 0 Å². The Morgan fingerprint density at radius 3 is 2.54 bits per heavy atom. The summed E-state index contributed by atoms with van der Waals surface area (Å²) in [5, 5.41) is 20.1. The van der Waals surface area contributed by atoms with Gasteiger partial charge in [-0.25, -0.2) is 0 Å². The molecule has 0 aromatic heterocycles. The standard InChI is InChI=1S/C20H21Cl2NO3/c1-13(6-9-19(25)26)10-11-23-20(15-4-2-3-5-17(15)22)16-12-14(21)7-8-18(16)24/h2-5,7-8,12-13,24H,6,9-11H2,1H3,(H,25,26). The summed E-state index contributed by atoms with van der Waals surface area (Å²) in [6, 6.07) is 12.1. The first-order valence-corrected chi connectivity index (χ1v) is 9.14. The number of phenols is 1. The third kappa shape index (κ3) is 5.75. The van der Waals surface area contributed by atoms with Crippen molar-refractivity contribution in [2.75, 3.05) is 6.54 Å². The molecule has 2 aromatic rings. The van der Waals surface area contributed by atoms with Crippen molar-refractivity contribution < 1.29 is 15.0 Å². The number of aromatic hydroxyl groups is 1. The zero-order valence-electron chi connectivity index (χ0n) is 14.5. The fourth-order valence-corrected chi connectivity index (χ4v) is 2.97. The predicted octanol–water partition coefficient (Wildman–Crippen LogP) is 5.43. The summed E-state index contributed by atoms with van der Waals surface area (Å²) < 4.78 is 0. The van der Waals surface area contributed by atoms with E-state index in [1.54, 1.807) is 18.2 Å². The molecule has 0 spiro atoms. The summed E-state index contributed by atoms with van der Waals surface area (Å²) in [5.41, 5.74) is 1.80. The normalized spacial score (nSPS) is 12.8. The van der Waals surface area contributed by atoms with Crippen LogP contribution in [0.25, 0.3) is 0 Å². The van der Waals surface area contributed by atoms with E-state index in [0.717, 1.165) is 6.42 Å². The predicted molar refractivity (Wildman–Crippen MR) is 106 cm³/mol. The van der Waals surface area contributed by atoms with Gasteiger partial charge in [0.1, 0.15) is 5.75 Å². The van der Waals surface area contributed by atoms with Crippen LogP contribution in [-0.4, -0.2) is 28.4 Å². The molecule has 0 aliphatic rings. The lowest BCUT2D eigenvalue weighted by molar-refractivity contribution is -0.137. The van der Waals surface area contributed by atoms with Gasteiger partial charge < -0.3 is 10.2 Å². The highest BCUT2D eigenvalue weighted by Crippen LogP contribution is 2.28. The monoisotopic (exact) mass is 393 g/mol. The number of benzene rings is 2. The molecule has 0 aliphatic carbocycles. The van der Waals surface area contributed by atoms with Crippen LogP contribution < -0.4 is 0 Å². The van der Waals surface area contributed by atoms with E-state index in [0.29, 0.717) is 39.8 Å². The molecule has 138 valence electrons. The van der Waals surface area contributed by atoms with Gasteiger partial charge in [-0.2, -0.15) is 0 Å². The third-order valence-electron chi connectivity index (χ3n) is 4.09. The van der Waals surface area contributed by atoms with Crippen LogP contribution in [0.1, 0.15) is 37.3 Å². The first kappa shape index (κ1) is 20.3. The Labute approximate surface area is 163 Å². The Bertz CT molecular complexity index is 805. The van der Waals surface area contributed by atoms with E-state index >= 15 is 0 Å². The second-order valence-electron chi connectivity index (χ2n) is 6.20. The summed E-state index contributed by atoms with van der Waals surface area (Å²) in [5.74, 6) is -0.483. The molecule has 6 heteroatoms. The van der Waals surface area contributed by atoms with E-state index in [1.165, 1.54) is 6.07 Å². The summed E-state index contributed by atoms with van der Waals surface area (Å²) in [6.07, 6.45) is 1.49. The molecule has 0 fully saturated rings. The van der Waals surface area contributed by atoms with Gasteiger partial charge in [-0.3, -0.25) is 9.79 Å². The van der Waals surface area contributed by atoms with Gasteiger partial charge >= 0.3 is 5.97 Å². The van der Waals surface area contributed by atoms with Crippen LogP contribution in [-0.2, 0) is 4.79 Å². The zero-order chi connectivity index (χ0) is 19.1. The van der Waals surface area contributed by atoms with Crippen molar-refractivity contribution in [2.24, 2.45) is 10.9 Å². The Morgan fingerprint density at radius 2 is 1.85 bits per heavy atom. The van der Waals surface area contributed by atoms with Gasteiger partial charge in [-0.15, -0.1) is 0 Å². The van der Waals surface area contributed by atoms with E-state index in [2.05, 4.69) is 4.99 Å². The lowest BCUT2D eigenvalue weighted by atomic mass is 10.00. The van der Waals surface area contributed by atoms with Gasteiger partial charge in [-0.05, 0) is 43.0 Å². The molecule has 0 aliphatic heterocycles. The Hall–Kier alpha value is -2.04. The van der Waals surface area contributed by atoms with Gasteiger partial charge in [0.15, 0.2) is 0 Å². The van der Waals surface area contributed by atoms with Crippen LogP contribution in [0, 0.1) is 5.92 Å². The van der Waals surface area contributed by atoms with Gasteiger partial charge in [0, 0.05) is 34.1 Å². The molecule has 0 bridgehead atoms. The number of carboxylic acids is 1. The number of carbonyl (C=O) groups is 1. The minimum atomic E-state index is -0.791.